The van der Waals surface area contributed by atoms with Crippen LogP contribution in [0.25, 0.3) is 10.9 Å². The molecule has 5 rings (SSSR count). The number of aromatic nitrogens is 1. The molecule has 0 atom stereocenters. The number of rotatable bonds is 3. The third kappa shape index (κ3) is 3.65. The lowest BCUT2D eigenvalue weighted by atomic mass is 9.71. The maximum absolute atomic E-state index is 13.6. The first-order valence-corrected chi connectivity index (χ1v) is 13.7. The van der Waals surface area contributed by atoms with Crippen LogP contribution in [0.4, 0.5) is 0 Å². The van der Waals surface area contributed by atoms with Gasteiger partial charge in [0, 0.05) is 40.7 Å². The van der Waals surface area contributed by atoms with Crippen molar-refractivity contribution in [1.29, 1.82) is 5.26 Å². The summed E-state index contributed by atoms with van der Waals surface area (Å²) in [5.74, 6) is 0.581. The first-order chi connectivity index (χ1) is 16.0. The normalized spacial score (nSPS) is 18.4. The van der Waals surface area contributed by atoms with Gasteiger partial charge in [-0.25, -0.2) is 12.7 Å². The van der Waals surface area contributed by atoms with Crippen molar-refractivity contribution < 1.29 is 17.9 Å². The lowest BCUT2D eigenvalue weighted by molar-refractivity contribution is 0.103. The predicted octanol–water partition coefficient (Wildman–Crippen LogP) is 4.48. The Kier molecular flexibility index (Phi) is 5.39. The fourth-order valence-corrected chi connectivity index (χ4v) is 6.36. The third-order valence-corrected chi connectivity index (χ3v) is 8.86. The predicted molar refractivity (Wildman–Crippen MR) is 133 cm³/mol. The molecule has 0 amide bonds. The molecular weight excluding hydrogens is 518 g/mol. The number of piperidine rings is 1. The SMILES string of the molecule is CC1(C)c2cc(OC3CCN(S(C)(=O)=O)CC3)c(Br)cc2C(=O)c2c1[nH]c1cc(C#N)ccc21. The van der Waals surface area contributed by atoms with Crippen LogP contribution in [0.5, 0.6) is 5.75 Å². The second-order valence-electron chi connectivity index (χ2n) is 9.51. The van der Waals surface area contributed by atoms with Gasteiger partial charge in [0.05, 0.1) is 27.9 Å². The standard InChI is InChI=1S/C25H24BrN3O4S/c1-25(2)18-12-21(33-15-6-8-29(9-7-15)34(3,31)32)19(26)11-17(18)23(30)22-16-5-4-14(13-27)10-20(16)28-24(22)25/h4-5,10-12,15,28H,6-9H2,1-3H3. The van der Waals surface area contributed by atoms with Gasteiger partial charge >= 0.3 is 0 Å². The highest BCUT2D eigenvalue weighted by Crippen LogP contribution is 2.46. The third-order valence-electron chi connectivity index (χ3n) is 6.93. The topological polar surface area (TPSA) is 103 Å². The van der Waals surface area contributed by atoms with Crippen LogP contribution in [-0.2, 0) is 15.4 Å². The maximum Gasteiger partial charge on any atom is 0.211 e. The first-order valence-electron chi connectivity index (χ1n) is 11.1. The molecule has 0 saturated carbocycles. The number of carbonyl (C=O) groups is 1. The summed E-state index contributed by atoms with van der Waals surface area (Å²) in [6.45, 7) is 5.00. The Labute approximate surface area is 206 Å². The molecule has 7 nitrogen and oxygen atoms in total. The highest BCUT2D eigenvalue weighted by Gasteiger charge is 2.40. The van der Waals surface area contributed by atoms with Crippen molar-refractivity contribution in [3.63, 3.8) is 0 Å². The fourth-order valence-electron chi connectivity index (χ4n) is 5.05. The summed E-state index contributed by atoms with van der Waals surface area (Å²) in [5.41, 5.74) is 3.76. The van der Waals surface area contributed by atoms with E-state index in [1.807, 2.05) is 18.2 Å². The van der Waals surface area contributed by atoms with Crippen LogP contribution in [0.3, 0.4) is 0 Å². The van der Waals surface area contributed by atoms with E-state index in [4.69, 9.17) is 4.74 Å². The fraction of sp³-hybridized carbons (Fsp3) is 0.360. The summed E-state index contributed by atoms with van der Waals surface area (Å²) < 4.78 is 32.1. The minimum atomic E-state index is -3.20. The number of H-pyrrole nitrogens is 1. The molecule has 0 spiro atoms. The average Bonchev–Trinajstić information content (AvgIpc) is 3.18. The van der Waals surface area contributed by atoms with Crippen molar-refractivity contribution in [1.82, 2.24) is 9.29 Å². The van der Waals surface area contributed by atoms with Gasteiger partial charge < -0.3 is 9.72 Å². The van der Waals surface area contributed by atoms with Crippen LogP contribution in [0.2, 0.25) is 0 Å². The second-order valence-corrected chi connectivity index (χ2v) is 12.3. The molecule has 176 valence electrons. The molecule has 0 radical (unpaired) electrons. The van der Waals surface area contributed by atoms with E-state index in [9.17, 15) is 18.5 Å². The van der Waals surface area contributed by atoms with E-state index >= 15 is 0 Å². The number of ketones is 1. The van der Waals surface area contributed by atoms with Gasteiger partial charge in [-0.05, 0) is 58.6 Å². The monoisotopic (exact) mass is 541 g/mol. The molecule has 34 heavy (non-hydrogen) atoms. The number of fused-ring (bicyclic) bond motifs is 4. The van der Waals surface area contributed by atoms with Gasteiger partial charge in [0.2, 0.25) is 10.0 Å². The Hall–Kier alpha value is -2.67. The Balaban J connectivity index is 1.51. The highest BCUT2D eigenvalue weighted by atomic mass is 79.9. The molecule has 1 aliphatic carbocycles. The van der Waals surface area contributed by atoms with E-state index in [0.717, 1.165) is 22.2 Å². The van der Waals surface area contributed by atoms with Gasteiger partial charge in [0.15, 0.2) is 5.78 Å². The van der Waals surface area contributed by atoms with E-state index in [2.05, 4.69) is 40.8 Å². The summed E-state index contributed by atoms with van der Waals surface area (Å²) in [6, 6.07) is 11.2. The molecule has 9 heteroatoms. The number of carbonyl (C=O) groups excluding carboxylic acids is 1. The van der Waals surface area contributed by atoms with Gasteiger partial charge in [-0.3, -0.25) is 4.79 Å². The second kappa shape index (κ2) is 7.94. The Morgan fingerprint density at radius 2 is 1.91 bits per heavy atom. The number of nitrogens with zero attached hydrogens (tertiary/aromatic N) is 2. The summed E-state index contributed by atoms with van der Waals surface area (Å²) in [5, 5.41) is 10.1. The molecule has 0 unspecified atom stereocenters. The number of halogens is 1. The van der Waals surface area contributed by atoms with E-state index < -0.39 is 15.4 Å². The van der Waals surface area contributed by atoms with Gasteiger partial charge in [-0.1, -0.05) is 19.9 Å². The lowest BCUT2D eigenvalue weighted by Gasteiger charge is -2.34. The average molecular weight is 542 g/mol. The van der Waals surface area contributed by atoms with Crippen LogP contribution in [-0.4, -0.2) is 48.9 Å². The summed E-state index contributed by atoms with van der Waals surface area (Å²) >= 11 is 3.58. The molecule has 2 aliphatic rings. The van der Waals surface area contributed by atoms with Gasteiger partial charge in [0.1, 0.15) is 11.9 Å². The molecule has 2 aromatic carbocycles. The molecule has 3 aromatic rings. The molecule has 1 N–H and O–H groups in total. The zero-order chi connectivity index (χ0) is 24.4. The number of nitriles is 1. The minimum absolute atomic E-state index is 0.0611. The van der Waals surface area contributed by atoms with Crippen LogP contribution in [0, 0.1) is 11.3 Å². The smallest absolute Gasteiger partial charge is 0.211 e. The van der Waals surface area contributed by atoms with Crippen LogP contribution >= 0.6 is 15.9 Å². The molecule has 1 fully saturated rings. The molecule has 2 heterocycles. The molecule has 1 aromatic heterocycles. The molecular formula is C25H24BrN3O4S. The summed E-state index contributed by atoms with van der Waals surface area (Å²) in [4.78, 5) is 17.0. The number of ether oxygens (including phenoxy) is 1. The largest absolute Gasteiger partial charge is 0.489 e. The van der Waals surface area contributed by atoms with Crippen LogP contribution < -0.4 is 4.74 Å². The molecule has 1 saturated heterocycles. The van der Waals surface area contributed by atoms with Gasteiger partial charge in [-0.2, -0.15) is 5.26 Å². The van der Waals surface area contributed by atoms with Crippen LogP contribution in [0.15, 0.2) is 34.8 Å². The van der Waals surface area contributed by atoms with Gasteiger partial charge in [0.25, 0.3) is 0 Å². The molecule has 1 aliphatic heterocycles. The van der Waals surface area contributed by atoms with E-state index in [0.29, 0.717) is 52.8 Å². The van der Waals surface area contributed by atoms with Crippen molar-refractivity contribution in [2.75, 3.05) is 19.3 Å². The first kappa shape index (κ1) is 23.1. The van der Waals surface area contributed by atoms with E-state index in [1.54, 1.807) is 12.1 Å². The zero-order valence-corrected chi connectivity index (χ0v) is 21.5. The van der Waals surface area contributed by atoms with Crippen LogP contribution in [0.1, 0.15) is 59.4 Å². The Morgan fingerprint density at radius 1 is 1.21 bits per heavy atom. The number of hydrogen-bond donors (Lipinski definition) is 1. The maximum atomic E-state index is 13.6. The minimum Gasteiger partial charge on any atom is -0.489 e. The summed E-state index contributed by atoms with van der Waals surface area (Å²) in [6.07, 6.45) is 2.33. The van der Waals surface area contributed by atoms with Crippen molar-refractivity contribution >= 4 is 42.6 Å². The quantitative estimate of drug-likeness (QED) is 0.526. The molecule has 0 bridgehead atoms. The number of benzene rings is 2. The van der Waals surface area contributed by atoms with E-state index in [-0.39, 0.29) is 11.9 Å². The van der Waals surface area contributed by atoms with Gasteiger partial charge in [-0.15, -0.1) is 0 Å². The number of aromatic amines is 1. The van der Waals surface area contributed by atoms with Crippen molar-refractivity contribution in [3.05, 3.63) is 62.8 Å². The summed E-state index contributed by atoms with van der Waals surface area (Å²) in [7, 11) is -3.20. The lowest BCUT2D eigenvalue weighted by Crippen LogP contribution is -2.41. The van der Waals surface area contributed by atoms with E-state index in [1.165, 1.54) is 10.6 Å². The number of sulfonamides is 1. The van der Waals surface area contributed by atoms with Crippen molar-refractivity contribution in [3.8, 4) is 11.8 Å². The Bertz CT molecular complexity index is 1490. The number of hydrogen-bond acceptors (Lipinski definition) is 5. The Morgan fingerprint density at radius 3 is 2.56 bits per heavy atom. The zero-order valence-electron chi connectivity index (χ0n) is 19.1. The highest BCUT2D eigenvalue weighted by molar-refractivity contribution is 9.10. The van der Waals surface area contributed by atoms with Crippen molar-refractivity contribution in [2.45, 2.75) is 38.2 Å². The number of nitrogens with one attached hydrogen (secondary N) is 1. The van der Waals surface area contributed by atoms with Crippen molar-refractivity contribution in [2.24, 2.45) is 0 Å².